The molecule has 2 rings (SSSR count). The summed E-state index contributed by atoms with van der Waals surface area (Å²) in [6, 6.07) is 7.28. The van der Waals surface area contributed by atoms with Crippen LogP contribution in [0.4, 0.5) is 18.9 Å². The molecule has 0 aliphatic heterocycles. The molecule has 2 aromatic rings. The van der Waals surface area contributed by atoms with Crippen LogP contribution in [-0.4, -0.2) is 29.3 Å². The molecular formula is C20H23BrF3N3O2. The summed E-state index contributed by atoms with van der Waals surface area (Å²) in [4.78, 5) is 17.9. The molecular weight excluding hydrogens is 451 g/mol. The fourth-order valence-electron chi connectivity index (χ4n) is 2.67. The van der Waals surface area contributed by atoms with Crippen LogP contribution in [0.25, 0.3) is 0 Å². The lowest BCUT2D eigenvalue weighted by Crippen LogP contribution is -2.33. The van der Waals surface area contributed by atoms with E-state index in [4.69, 9.17) is 0 Å². The molecule has 29 heavy (non-hydrogen) atoms. The molecule has 0 N–H and O–H groups in total. The molecule has 1 aromatic carbocycles. The zero-order valence-corrected chi connectivity index (χ0v) is 17.7. The van der Waals surface area contributed by atoms with E-state index in [-0.39, 0.29) is 23.7 Å². The second-order valence-corrected chi connectivity index (χ2v) is 7.61. The maximum absolute atomic E-state index is 13.1. The van der Waals surface area contributed by atoms with Gasteiger partial charge in [-0.1, -0.05) is 40.2 Å². The highest BCUT2D eigenvalue weighted by molar-refractivity contribution is 9.10. The molecule has 0 aliphatic carbocycles. The number of halogens is 4. The minimum absolute atomic E-state index is 0.00837. The maximum atomic E-state index is 13.1. The topological polar surface area (TPSA) is 59.2 Å². The quantitative estimate of drug-likeness (QED) is 0.314. The molecule has 5 nitrogen and oxygen atoms in total. The molecule has 158 valence electrons. The number of benzene rings is 1. The maximum Gasteiger partial charge on any atom is 0.322 e. The summed E-state index contributed by atoms with van der Waals surface area (Å²) in [6.07, 6.45) is 2.43. The molecule has 0 spiro atoms. The Morgan fingerprint density at radius 2 is 2.07 bits per heavy atom. The molecule has 1 heterocycles. The highest BCUT2D eigenvalue weighted by Crippen LogP contribution is 2.25. The summed E-state index contributed by atoms with van der Waals surface area (Å²) in [6.45, 7) is 4.17. The van der Waals surface area contributed by atoms with Crippen molar-refractivity contribution >= 4 is 27.5 Å². The van der Waals surface area contributed by atoms with E-state index < -0.39 is 18.5 Å². The lowest BCUT2D eigenvalue weighted by atomic mass is 10.1. The van der Waals surface area contributed by atoms with E-state index in [2.05, 4.69) is 37.2 Å². The van der Waals surface area contributed by atoms with E-state index in [1.165, 1.54) is 0 Å². The van der Waals surface area contributed by atoms with E-state index in [9.17, 15) is 18.0 Å². The van der Waals surface area contributed by atoms with Crippen LogP contribution in [0.2, 0.25) is 0 Å². The van der Waals surface area contributed by atoms with Gasteiger partial charge in [-0.05, 0) is 31.0 Å². The third kappa shape index (κ3) is 6.99. The van der Waals surface area contributed by atoms with Crippen molar-refractivity contribution in [3.63, 3.8) is 0 Å². The average Bonchev–Trinajstić information content (AvgIpc) is 3.14. The average molecular weight is 474 g/mol. The first kappa shape index (κ1) is 23.1. The molecule has 0 atom stereocenters. The molecule has 0 unspecified atom stereocenters. The van der Waals surface area contributed by atoms with Gasteiger partial charge >= 0.3 is 5.92 Å². The molecule has 0 radical (unpaired) electrons. The highest BCUT2D eigenvalue weighted by Gasteiger charge is 2.31. The minimum atomic E-state index is -3.15. The Hall–Kier alpha value is -2.16. The van der Waals surface area contributed by atoms with Crippen molar-refractivity contribution < 1.29 is 22.5 Å². The number of carbonyl (C=O) groups is 1. The van der Waals surface area contributed by atoms with Crippen LogP contribution in [-0.2, 0) is 17.1 Å². The number of amides is 1. The number of carbonyl (C=O) groups excluding carboxylic acids is 1. The van der Waals surface area contributed by atoms with Crippen molar-refractivity contribution in [3.05, 3.63) is 52.6 Å². The lowest BCUT2D eigenvalue weighted by Gasteiger charge is -2.24. The van der Waals surface area contributed by atoms with Gasteiger partial charge in [0.15, 0.2) is 5.82 Å². The summed E-state index contributed by atoms with van der Waals surface area (Å²) >= 11 is 3.39. The number of hydrogen-bond acceptors (Lipinski definition) is 4. The van der Waals surface area contributed by atoms with Gasteiger partial charge in [0.05, 0.1) is 6.67 Å². The van der Waals surface area contributed by atoms with E-state index >= 15 is 0 Å². The van der Waals surface area contributed by atoms with Gasteiger partial charge in [-0.3, -0.25) is 9.18 Å². The third-order valence-corrected chi connectivity index (χ3v) is 4.68. The second kappa shape index (κ2) is 10.6. The Balaban J connectivity index is 1.91. The largest absolute Gasteiger partial charge is 0.333 e. The smallest absolute Gasteiger partial charge is 0.322 e. The number of hydrogen-bond donors (Lipinski definition) is 0. The van der Waals surface area contributed by atoms with Crippen LogP contribution in [0, 0.1) is 0 Å². The summed E-state index contributed by atoms with van der Waals surface area (Å²) in [5.74, 6) is -3.92. The first-order valence-electron chi connectivity index (χ1n) is 9.24. The molecule has 9 heteroatoms. The first-order chi connectivity index (χ1) is 13.7. The summed E-state index contributed by atoms with van der Waals surface area (Å²) < 4.78 is 44.2. The molecule has 0 fully saturated rings. The van der Waals surface area contributed by atoms with Gasteiger partial charge in [-0.2, -0.15) is 13.8 Å². The van der Waals surface area contributed by atoms with Crippen LogP contribution in [0.1, 0.15) is 44.3 Å². The predicted octanol–water partition coefficient (Wildman–Crippen LogP) is 5.61. The zero-order chi connectivity index (χ0) is 21.4. The number of rotatable bonds is 11. The van der Waals surface area contributed by atoms with Crippen molar-refractivity contribution in [2.75, 3.05) is 18.1 Å². The Labute approximate surface area is 176 Å². The monoisotopic (exact) mass is 473 g/mol. The minimum Gasteiger partial charge on any atom is -0.333 e. The zero-order valence-electron chi connectivity index (χ0n) is 16.1. The van der Waals surface area contributed by atoms with Crippen LogP contribution in [0.3, 0.4) is 0 Å². The standard InChI is InChI=1S/C20H23BrF3N3O2/c1-14(10-11-22)18(28)27(16-8-6-7-15(21)13-16)12-5-3-4-9-17-25-19(29-26-17)20(2,23)24/h6-8,13H,1,3-5,9-12H2,2H3. The number of unbranched alkanes of at least 4 members (excludes halogenated alkanes) is 2. The predicted molar refractivity (Wildman–Crippen MR) is 108 cm³/mol. The molecule has 1 amide bonds. The van der Waals surface area contributed by atoms with Crippen LogP contribution in [0.5, 0.6) is 0 Å². The number of aryl methyl sites for hydroxylation is 1. The molecule has 0 aliphatic rings. The van der Waals surface area contributed by atoms with Gasteiger partial charge in [0.2, 0.25) is 0 Å². The molecule has 0 bridgehead atoms. The van der Waals surface area contributed by atoms with Crippen molar-refractivity contribution in [3.8, 4) is 0 Å². The van der Waals surface area contributed by atoms with Gasteiger partial charge < -0.3 is 9.42 Å². The third-order valence-electron chi connectivity index (χ3n) is 4.19. The van der Waals surface area contributed by atoms with Crippen LogP contribution >= 0.6 is 15.9 Å². The van der Waals surface area contributed by atoms with E-state index in [1.54, 1.807) is 11.0 Å². The number of aromatic nitrogens is 2. The Kier molecular flexibility index (Phi) is 8.43. The fraction of sp³-hybridized carbons (Fsp3) is 0.450. The van der Waals surface area contributed by atoms with Gasteiger partial charge in [0.1, 0.15) is 0 Å². The van der Waals surface area contributed by atoms with Gasteiger partial charge in [-0.15, -0.1) is 0 Å². The number of alkyl halides is 3. The highest BCUT2D eigenvalue weighted by atomic mass is 79.9. The van der Waals surface area contributed by atoms with Crippen molar-refractivity contribution in [1.29, 1.82) is 0 Å². The number of anilines is 1. The first-order valence-corrected chi connectivity index (χ1v) is 10.0. The molecule has 0 saturated heterocycles. The molecule has 0 saturated carbocycles. The van der Waals surface area contributed by atoms with Gasteiger partial charge in [0, 0.05) is 42.0 Å². The Morgan fingerprint density at radius 3 is 2.69 bits per heavy atom. The van der Waals surface area contributed by atoms with Crippen LogP contribution < -0.4 is 4.90 Å². The van der Waals surface area contributed by atoms with Crippen molar-refractivity contribution in [2.45, 2.75) is 45.0 Å². The van der Waals surface area contributed by atoms with E-state index in [0.717, 1.165) is 10.9 Å². The van der Waals surface area contributed by atoms with Gasteiger partial charge in [0.25, 0.3) is 11.8 Å². The summed E-state index contributed by atoms with van der Waals surface area (Å²) in [5, 5.41) is 3.56. The summed E-state index contributed by atoms with van der Waals surface area (Å²) in [5.41, 5.74) is 0.907. The molecule has 1 aromatic heterocycles. The normalized spacial score (nSPS) is 11.5. The SMILES string of the molecule is C=C(CCF)C(=O)N(CCCCCc1noc(C(C)(F)F)n1)c1cccc(Br)c1. The number of nitrogens with zero attached hydrogens (tertiary/aromatic N) is 3. The summed E-state index contributed by atoms with van der Waals surface area (Å²) in [7, 11) is 0. The Morgan fingerprint density at radius 1 is 1.31 bits per heavy atom. The van der Waals surface area contributed by atoms with Gasteiger partial charge in [-0.25, -0.2) is 0 Å². The second-order valence-electron chi connectivity index (χ2n) is 6.69. The Bertz CT molecular complexity index is 836. The lowest BCUT2D eigenvalue weighted by molar-refractivity contribution is -0.115. The van der Waals surface area contributed by atoms with Crippen molar-refractivity contribution in [2.24, 2.45) is 0 Å². The van der Waals surface area contributed by atoms with Crippen LogP contribution in [0.15, 0.2) is 45.4 Å². The fourth-order valence-corrected chi connectivity index (χ4v) is 3.05. The van der Waals surface area contributed by atoms with E-state index in [0.29, 0.717) is 38.4 Å². The van der Waals surface area contributed by atoms with E-state index in [1.807, 2.05) is 18.2 Å². The van der Waals surface area contributed by atoms with Crippen molar-refractivity contribution in [1.82, 2.24) is 10.1 Å².